The number of carboxylic acid groups (broad SMARTS) is 1. The Morgan fingerprint density at radius 1 is 1.17 bits per heavy atom. The topological polar surface area (TPSA) is 66.0 Å². The number of hydrogen-bond acceptors (Lipinski definition) is 2. The highest BCUT2D eigenvalue weighted by molar-refractivity contribution is 5.88. The first-order chi connectivity index (χ1) is 8.74. The standard InChI is InChI=1S/C14H10N2O2/c17-14(18)11-2-4-13(16-8-11)9-1-3-12-10(7-9)5-6-15-12/h1-8,15H,(H,17,18). The number of nitrogens with zero attached hydrogens (tertiary/aromatic N) is 1. The quantitative estimate of drug-likeness (QED) is 0.721. The molecule has 0 saturated heterocycles. The number of nitrogens with one attached hydrogen (secondary N) is 1. The van der Waals surface area contributed by atoms with Crippen molar-refractivity contribution in [1.29, 1.82) is 0 Å². The van der Waals surface area contributed by atoms with E-state index in [2.05, 4.69) is 9.97 Å². The molecule has 88 valence electrons. The molecule has 0 bridgehead atoms. The van der Waals surface area contributed by atoms with Gasteiger partial charge in [-0.05, 0) is 30.3 Å². The van der Waals surface area contributed by atoms with Crippen LogP contribution in [0.5, 0.6) is 0 Å². The molecule has 2 N–H and O–H groups in total. The van der Waals surface area contributed by atoms with Crippen molar-refractivity contribution in [3.8, 4) is 11.3 Å². The summed E-state index contributed by atoms with van der Waals surface area (Å²) >= 11 is 0. The van der Waals surface area contributed by atoms with Gasteiger partial charge in [0, 0.05) is 28.9 Å². The van der Waals surface area contributed by atoms with E-state index in [1.165, 1.54) is 6.20 Å². The molecule has 4 heteroatoms. The Kier molecular flexibility index (Phi) is 2.34. The van der Waals surface area contributed by atoms with Gasteiger partial charge in [0.25, 0.3) is 0 Å². The third-order valence-corrected chi connectivity index (χ3v) is 2.86. The van der Waals surface area contributed by atoms with E-state index in [1.54, 1.807) is 12.1 Å². The highest BCUT2D eigenvalue weighted by Crippen LogP contribution is 2.22. The van der Waals surface area contributed by atoms with Gasteiger partial charge in [-0.3, -0.25) is 4.98 Å². The van der Waals surface area contributed by atoms with Crippen LogP contribution in [0.2, 0.25) is 0 Å². The molecule has 3 aromatic rings. The monoisotopic (exact) mass is 238 g/mol. The molecule has 0 amide bonds. The van der Waals surface area contributed by atoms with Gasteiger partial charge in [-0.1, -0.05) is 6.07 Å². The molecule has 4 nitrogen and oxygen atoms in total. The SMILES string of the molecule is O=C(O)c1ccc(-c2ccc3[nH]ccc3c2)nc1. The van der Waals surface area contributed by atoms with E-state index in [0.717, 1.165) is 22.2 Å². The summed E-state index contributed by atoms with van der Waals surface area (Å²) in [6.45, 7) is 0. The summed E-state index contributed by atoms with van der Waals surface area (Å²) < 4.78 is 0. The maximum absolute atomic E-state index is 10.7. The minimum Gasteiger partial charge on any atom is -0.478 e. The van der Waals surface area contributed by atoms with Crippen molar-refractivity contribution >= 4 is 16.9 Å². The zero-order valence-electron chi connectivity index (χ0n) is 9.42. The lowest BCUT2D eigenvalue weighted by Crippen LogP contribution is -1.96. The highest BCUT2D eigenvalue weighted by Gasteiger charge is 2.05. The van der Waals surface area contributed by atoms with Crippen LogP contribution in [0.3, 0.4) is 0 Å². The molecule has 0 fully saturated rings. The molecule has 18 heavy (non-hydrogen) atoms. The van der Waals surface area contributed by atoms with Crippen molar-refractivity contribution in [2.75, 3.05) is 0 Å². The zero-order chi connectivity index (χ0) is 12.5. The maximum atomic E-state index is 10.7. The number of rotatable bonds is 2. The maximum Gasteiger partial charge on any atom is 0.337 e. The van der Waals surface area contributed by atoms with E-state index in [-0.39, 0.29) is 5.56 Å². The smallest absolute Gasteiger partial charge is 0.337 e. The third kappa shape index (κ3) is 1.73. The van der Waals surface area contributed by atoms with E-state index in [0.29, 0.717) is 0 Å². The first kappa shape index (κ1) is 10.5. The van der Waals surface area contributed by atoms with Gasteiger partial charge in [0.2, 0.25) is 0 Å². The molecule has 2 heterocycles. The summed E-state index contributed by atoms with van der Waals surface area (Å²) in [6.07, 6.45) is 3.26. The van der Waals surface area contributed by atoms with Crippen LogP contribution in [0.15, 0.2) is 48.8 Å². The van der Waals surface area contributed by atoms with Crippen molar-refractivity contribution < 1.29 is 9.90 Å². The van der Waals surface area contributed by atoms with E-state index >= 15 is 0 Å². The fourth-order valence-corrected chi connectivity index (χ4v) is 1.90. The van der Waals surface area contributed by atoms with E-state index in [1.807, 2.05) is 30.5 Å². The molecule has 0 saturated carbocycles. The van der Waals surface area contributed by atoms with E-state index in [4.69, 9.17) is 5.11 Å². The fourth-order valence-electron chi connectivity index (χ4n) is 1.90. The number of aromatic carboxylic acids is 1. The van der Waals surface area contributed by atoms with Gasteiger partial charge in [0.1, 0.15) is 0 Å². The second kappa shape index (κ2) is 4.00. The third-order valence-electron chi connectivity index (χ3n) is 2.86. The largest absolute Gasteiger partial charge is 0.478 e. The summed E-state index contributed by atoms with van der Waals surface area (Å²) in [5.41, 5.74) is 3.00. The molecule has 2 aromatic heterocycles. The Morgan fingerprint density at radius 3 is 2.78 bits per heavy atom. The summed E-state index contributed by atoms with van der Waals surface area (Å²) in [6, 6.07) is 11.2. The lowest BCUT2D eigenvalue weighted by Gasteiger charge is -2.01. The van der Waals surface area contributed by atoms with Crippen LogP contribution in [0.25, 0.3) is 22.2 Å². The molecule has 3 rings (SSSR count). The summed E-state index contributed by atoms with van der Waals surface area (Å²) in [5.74, 6) is -0.963. The summed E-state index contributed by atoms with van der Waals surface area (Å²) in [4.78, 5) is 18.0. The van der Waals surface area contributed by atoms with Gasteiger partial charge in [-0.25, -0.2) is 4.79 Å². The van der Waals surface area contributed by atoms with Crippen molar-refractivity contribution in [2.24, 2.45) is 0 Å². The molecule has 0 aliphatic carbocycles. The molecule has 0 atom stereocenters. The average Bonchev–Trinajstić information content (AvgIpc) is 2.86. The normalized spacial score (nSPS) is 10.7. The first-order valence-corrected chi connectivity index (χ1v) is 5.51. The Hall–Kier alpha value is -2.62. The van der Waals surface area contributed by atoms with Crippen LogP contribution in [0, 0.1) is 0 Å². The molecular formula is C14H10N2O2. The van der Waals surface area contributed by atoms with Crippen LogP contribution in [-0.2, 0) is 0 Å². The van der Waals surface area contributed by atoms with Gasteiger partial charge in [-0.15, -0.1) is 0 Å². The number of carbonyl (C=O) groups is 1. The number of aromatic nitrogens is 2. The number of aromatic amines is 1. The van der Waals surface area contributed by atoms with Gasteiger partial charge in [0.05, 0.1) is 11.3 Å². The van der Waals surface area contributed by atoms with E-state index < -0.39 is 5.97 Å². The Bertz CT molecular complexity index is 714. The average molecular weight is 238 g/mol. The fraction of sp³-hybridized carbons (Fsp3) is 0. The molecule has 0 aliphatic heterocycles. The molecule has 0 radical (unpaired) electrons. The van der Waals surface area contributed by atoms with Crippen LogP contribution >= 0.6 is 0 Å². The number of benzene rings is 1. The number of hydrogen-bond donors (Lipinski definition) is 2. The second-order valence-electron chi connectivity index (χ2n) is 4.02. The molecular weight excluding hydrogens is 228 g/mol. The van der Waals surface area contributed by atoms with Crippen molar-refractivity contribution in [1.82, 2.24) is 9.97 Å². The Labute approximate surface area is 103 Å². The van der Waals surface area contributed by atoms with Crippen molar-refractivity contribution in [3.63, 3.8) is 0 Å². The predicted molar refractivity (Wildman–Crippen MR) is 68.5 cm³/mol. The first-order valence-electron chi connectivity index (χ1n) is 5.51. The number of H-pyrrole nitrogens is 1. The highest BCUT2D eigenvalue weighted by atomic mass is 16.4. The zero-order valence-corrected chi connectivity index (χ0v) is 9.42. The van der Waals surface area contributed by atoms with Crippen LogP contribution in [0.4, 0.5) is 0 Å². The van der Waals surface area contributed by atoms with Gasteiger partial charge < -0.3 is 10.1 Å². The Balaban J connectivity index is 2.05. The Morgan fingerprint density at radius 2 is 2.06 bits per heavy atom. The lowest BCUT2D eigenvalue weighted by molar-refractivity contribution is 0.0696. The van der Waals surface area contributed by atoms with E-state index in [9.17, 15) is 4.79 Å². The number of pyridine rings is 1. The van der Waals surface area contributed by atoms with Crippen LogP contribution < -0.4 is 0 Å². The summed E-state index contributed by atoms with van der Waals surface area (Å²) in [7, 11) is 0. The predicted octanol–water partition coefficient (Wildman–Crippen LogP) is 2.93. The minimum absolute atomic E-state index is 0.196. The lowest BCUT2D eigenvalue weighted by atomic mass is 10.1. The van der Waals surface area contributed by atoms with Gasteiger partial charge in [-0.2, -0.15) is 0 Å². The van der Waals surface area contributed by atoms with Crippen molar-refractivity contribution in [2.45, 2.75) is 0 Å². The molecule has 1 aromatic carbocycles. The van der Waals surface area contributed by atoms with Gasteiger partial charge >= 0.3 is 5.97 Å². The van der Waals surface area contributed by atoms with Crippen LogP contribution in [-0.4, -0.2) is 21.0 Å². The molecule has 0 spiro atoms. The molecule has 0 aliphatic rings. The minimum atomic E-state index is -0.963. The molecule has 0 unspecified atom stereocenters. The second-order valence-corrected chi connectivity index (χ2v) is 4.02. The van der Waals surface area contributed by atoms with Crippen molar-refractivity contribution in [3.05, 3.63) is 54.4 Å². The number of carboxylic acids is 1. The summed E-state index contributed by atoms with van der Waals surface area (Å²) in [5, 5.41) is 9.92. The van der Waals surface area contributed by atoms with Gasteiger partial charge in [0.15, 0.2) is 0 Å². The number of fused-ring (bicyclic) bond motifs is 1. The van der Waals surface area contributed by atoms with Crippen LogP contribution in [0.1, 0.15) is 10.4 Å².